The Morgan fingerprint density at radius 1 is 1.11 bits per heavy atom. The maximum absolute atomic E-state index is 5.76. The highest BCUT2D eigenvalue weighted by Gasteiger charge is 2.27. The molecule has 0 aliphatic carbocycles. The van der Waals surface area contributed by atoms with Crippen LogP contribution in [0.5, 0.6) is 0 Å². The molecule has 2 aromatic heterocycles. The second-order valence-electron chi connectivity index (χ2n) is 7.54. The molecule has 1 aliphatic heterocycles. The SMILES string of the molecule is CCn1c(-c2ccncc2)nn(CN2CCCC2c2ccc(C)c(C)c2)c1=S. The van der Waals surface area contributed by atoms with Gasteiger partial charge in [-0.25, -0.2) is 4.68 Å². The van der Waals surface area contributed by atoms with Crippen LogP contribution in [0.4, 0.5) is 0 Å². The number of hydrogen-bond donors (Lipinski definition) is 0. The van der Waals surface area contributed by atoms with Gasteiger partial charge in [-0.1, -0.05) is 18.2 Å². The van der Waals surface area contributed by atoms with Gasteiger partial charge in [0.25, 0.3) is 0 Å². The fraction of sp³-hybridized carbons (Fsp3) is 0.409. The molecule has 146 valence electrons. The third-order valence-corrected chi connectivity index (χ3v) is 6.20. The van der Waals surface area contributed by atoms with Crippen LogP contribution >= 0.6 is 12.2 Å². The Hall–Kier alpha value is -2.31. The van der Waals surface area contributed by atoms with Crippen LogP contribution in [0.1, 0.15) is 42.5 Å². The largest absolute Gasteiger partial charge is 0.300 e. The molecule has 1 aliphatic rings. The van der Waals surface area contributed by atoms with E-state index in [9.17, 15) is 0 Å². The lowest BCUT2D eigenvalue weighted by Gasteiger charge is -2.25. The van der Waals surface area contributed by atoms with Crippen molar-refractivity contribution >= 4 is 12.2 Å². The molecule has 1 unspecified atom stereocenters. The summed E-state index contributed by atoms with van der Waals surface area (Å²) < 4.78 is 4.86. The van der Waals surface area contributed by atoms with Crippen molar-refractivity contribution in [3.05, 3.63) is 64.2 Å². The van der Waals surface area contributed by atoms with E-state index in [2.05, 4.69) is 53.4 Å². The summed E-state index contributed by atoms with van der Waals surface area (Å²) in [5, 5.41) is 4.88. The molecule has 1 fully saturated rings. The Labute approximate surface area is 171 Å². The lowest BCUT2D eigenvalue weighted by atomic mass is 9.99. The van der Waals surface area contributed by atoms with Crippen molar-refractivity contribution in [3.8, 4) is 11.4 Å². The molecule has 0 radical (unpaired) electrons. The van der Waals surface area contributed by atoms with Crippen LogP contribution < -0.4 is 0 Å². The first-order valence-corrected chi connectivity index (χ1v) is 10.4. The van der Waals surface area contributed by atoms with Gasteiger partial charge in [-0.3, -0.25) is 9.88 Å². The van der Waals surface area contributed by atoms with Crippen LogP contribution in [-0.2, 0) is 13.2 Å². The lowest BCUT2D eigenvalue weighted by molar-refractivity contribution is 0.189. The topological polar surface area (TPSA) is 38.9 Å². The molecule has 0 N–H and O–H groups in total. The summed E-state index contributed by atoms with van der Waals surface area (Å²) in [5.74, 6) is 0.914. The Kier molecular flexibility index (Phi) is 5.42. The van der Waals surface area contributed by atoms with Crippen molar-refractivity contribution in [2.45, 2.75) is 52.9 Å². The molecular formula is C22H27N5S. The van der Waals surface area contributed by atoms with E-state index in [4.69, 9.17) is 17.3 Å². The van der Waals surface area contributed by atoms with Crippen molar-refractivity contribution in [3.63, 3.8) is 0 Å². The van der Waals surface area contributed by atoms with Gasteiger partial charge in [0.2, 0.25) is 0 Å². The van der Waals surface area contributed by atoms with Gasteiger partial charge in [-0.2, -0.15) is 5.10 Å². The van der Waals surface area contributed by atoms with E-state index < -0.39 is 0 Å². The number of benzene rings is 1. The van der Waals surface area contributed by atoms with Gasteiger partial charge >= 0.3 is 0 Å². The minimum absolute atomic E-state index is 0.428. The molecule has 5 nitrogen and oxygen atoms in total. The average molecular weight is 394 g/mol. The second-order valence-corrected chi connectivity index (χ2v) is 7.91. The molecule has 0 bridgehead atoms. The fourth-order valence-electron chi connectivity index (χ4n) is 4.05. The van der Waals surface area contributed by atoms with Gasteiger partial charge in [-0.15, -0.1) is 0 Å². The van der Waals surface area contributed by atoms with Crippen LogP contribution in [0, 0.1) is 18.6 Å². The van der Waals surface area contributed by atoms with Gasteiger partial charge in [0.15, 0.2) is 10.6 Å². The van der Waals surface area contributed by atoms with Crippen LogP contribution in [0.25, 0.3) is 11.4 Å². The third kappa shape index (κ3) is 3.54. The number of aromatic nitrogens is 4. The smallest absolute Gasteiger partial charge is 0.199 e. The predicted molar refractivity (Wildman–Crippen MR) is 115 cm³/mol. The Balaban J connectivity index is 1.64. The quantitative estimate of drug-likeness (QED) is 0.578. The van der Waals surface area contributed by atoms with E-state index in [1.165, 1.54) is 29.5 Å². The summed E-state index contributed by atoms with van der Waals surface area (Å²) in [7, 11) is 0. The van der Waals surface area contributed by atoms with Gasteiger partial charge in [0, 0.05) is 37.1 Å². The number of hydrogen-bond acceptors (Lipinski definition) is 4. The molecule has 0 saturated carbocycles. The third-order valence-electron chi connectivity index (χ3n) is 5.77. The predicted octanol–water partition coefficient (Wildman–Crippen LogP) is 4.91. The highest BCUT2D eigenvalue weighted by atomic mass is 32.1. The first-order chi connectivity index (χ1) is 13.6. The van der Waals surface area contributed by atoms with Gasteiger partial charge in [0.05, 0.1) is 6.67 Å². The Morgan fingerprint density at radius 2 is 1.89 bits per heavy atom. The van der Waals surface area contributed by atoms with Crippen LogP contribution in [0.3, 0.4) is 0 Å². The van der Waals surface area contributed by atoms with Gasteiger partial charge in [-0.05, 0) is 74.7 Å². The number of pyridine rings is 1. The number of likely N-dealkylation sites (tertiary alicyclic amines) is 1. The summed E-state index contributed by atoms with van der Waals surface area (Å²) in [4.78, 5) is 6.62. The summed E-state index contributed by atoms with van der Waals surface area (Å²) in [6.07, 6.45) is 5.99. The van der Waals surface area contributed by atoms with E-state index >= 15 is 0 Å². The maximum atomic E-state index is 5.76. The Bertz CT molecular complexity index is 1020. The van der Waals surface area contributed by atoms with Crippen LogP contribution in [-0.4, -0.2) is 30.8 Å². The highest BCUT2D eigenvalue weighted by molar-refractivity contribution is 7.71. The molecule has 0 spiro atoms. The van der Waals surface area contributed by atoms with Gasteiger partial charge in [0.1, 0.15) is 0 Å². The summed E-state index contributed by atoms with van der Waals surface area (Å²) in [6, 6.07) is 11.3. The molecule has 1 atom stereocenters. The highest BCUT2D eigenvalue weighted by Crippen LogP contribution is 2.33. The fourth-order valence-corrected chi connectivity index (χ4v) is 4.36. The summed E-state index contributed by atoms with van der Waals surface area (Å²) in [5.41, 5.74) is 5.15. The number of nitrogens with zero attached hydrogens (tertiary/aromatic N) is 5. The minimum Gasteiger partial charge on any atom is -0.300 e. The number of rotatable bonds is 5. The average Bonchev–Trinajstić information content (AvgIpc) is 3.29. The van der Waals surface area contributed by atoms with E-state index in [0.29, 0.717) is 6.04 Å². The standard InChI is InChI=1S/C22H27N5S/c1-4-26-21(18-9-11-23-12-10-18)24-27(22(26)28)15-25-13-5-6-20(25)19-8-7-16(2)17(3)14-19/h7-12,14,20H,4-6,13,15H2,1-3H3. The van der Waals surface area contributed by atoms with Crippen molar-refractivity contribution in [2.24, 2.45) is 0 Å². The molecule has 3 aromatic rings. The summed E-state index contributed by atoms with van der Waals surface area (Å²) in [6.45, 7) is 9.07. The monoisotopic (exact) mass is 393 g/mol. The Morgan fingerprint density at radius 3 is 2.61 bits per heavy atom. The second kappa shape index (κ2) is 7.97. The zero-order valence-electron chi connectivity index (χ0n) is 16.8. The first kappa shape index (κ1) is 19.0. The molecule has 6 heteroatoms. The van der Waals surface area contributed by atoms with E-state index in [-0.39, 0.29) is 0 Å². The van der Waals surface area contributed by atoms with Crippen molar-refractivity contribution in [2.75, 3.05) is 6.54 Å². The minimum atomic E-state index is 0.428. The van der Waals surface area contributed by atoms with Gasteiger partial charge < -0.3 is 4.57 Å². The first-order valence-electron chi connectivity index (χ1n) is 9.97. The zero-order chi connectivity index (χ0) is 19.7. The molecule has 1 saturated heterocycles. The molecule has 28 heavy (non-hydrogen) atoms. The summed E-state index contributed by atoms with van der Waals surface area (Å²) >= 11 is 5.76. The van der Waals surface area contributed by atoms with Crippen LogP contribution in [0.15, 0.2) is 42.7 Å². The zero-order valence-corrected chi connectivity index (χ0v) is 17.6. The van der Waals surface area contributed by atoms with Crippen molar-refractivity contribution in [1.29, 1.82) is 0 Å². The van der Waals surface area contributed by atoms with E-state index in [1.807, 2.05) is 16.8 Å². The molecular weight excluding hydrogens is 366 g/mol. The molecule has 3 heterocycles. The molecule has 4 rings (SSSR count). The van der Waals surface area contributed by atoms with Crippen LogP contribution in [0.2, 0.25) is 0 Å². The molecule has 1 aromatic carbocycles. The normalized spacial score (nSPS) is 17.3. The van der Waals surface area contributed by atoms with E-state index in [0.717, 1.165) is 35.9 Å². The number of aryl methyl sites for hydroxylation is 2. The van der Waals surface area contributed by atoms with Crippen molar-refractivity contribution < 1.29 is 0 Å². The van der Waals surface area contributed by atoms with E-state index in [1.54, 1.807) is 12.4 Å². The molecule has 0 amide bonds. The lowest BCUT2D eigenvalue weighted by Crippen LogP contribution is -2.27. The van der Waals surface area contributed by atoms with Crippen molar-refractivity contribution in [1.82, 2.24) is 24.2 Å². The maximum Gasteiger partial charge on any atom is 0.199 e.